The van der Waals surface area contributed by atoms with Crippen molar-refractivity contribution in [3.63, 3.8) is 0 Å². The maximum Gasteiger partial charge on any atom is 0.373 e. The van der Waals surface area contributed by atoms with Crippen molar-refractivity contribution in [3.05, 3.63) is 41.5 Å². The van der Waals surface area contributed by atoms with Crippen molar-refractivity contribution in [3.8, 4) is 11.5 Å². The van der Waals surface area contributed by atoms with E-state index >= 15 is 0 Å². The SMILES string of the molecule is CC(C)Cc1nc(-c2ccccc2F)oc1C(=O)O. The second-order valence-corrected chi connectivity index (χ2v) is 4.68. The van der Waals surface area contributed by atoms with Crippen molar-refractivity contribution >= 4 is 5.97 Å². The molecule has 0 radical (unpaired) electrons. The number of aromatic carboxylic acids is 1. The number of nitrogens with zero attached hydrogens (tertiary/aromatic N) is 1. The van der Waals surface area contributed by atoms with Crippen LogP contribution in [-0.4, -0.2) is 16.1 Å². The molecule has 0 spiro atoms. The van der Waals surface area contributed by atoms with E-state index < -0.39 is 11.8 Å². The highest BCUT2D eigenvalue weighted by Gasteiger charge is 2.22. The summed E-state index contributed by atoms with van der Waals surface area (Å²) >= 11 is 0. The molecular weight excluding hydrogens is 249 g/mol. The van der Waals surface area contributed by atoms with E-state index in [1.165, 1.54) is 12.1 Å². The van der Waals surface area contributed by atoms with Crippen LogP contribution in [0.1, 0.15) is 30.1 Å². The molecule has 0 amide bonds. The lowest BCUT2D eigenvalue weighted by molar-refractivity contribution is 0.0661. The molecule has 0 saturated heterocycles. The van der Waals surface area contributed by atoms with Crippen LogP contribution in [0.2, 0.25) is 0 Å². The lowest BCUT2D eigenvalue weighted by atomic mass is 10.1. The summed E-state index contributed by atoms with van der Waals surface area (Å²) in [6, 6.07) is 5.98. The zero-order valence-electron chi connectivity index (χ0n) is 10.7. The lowest BCUT2D eigenvalue weighted by Crippen LogP contribution is -2.03. The smallest absolute Gasteiger partial charge is 0.373 e. The molecule has 0 unspecified atom stereocenters. The standard InChI is InChI=1S/C14H14FNO3/c1-8(2)7-11-12(14(17)18)19-13(16-11)9-5-3-4-6-10(9)15/h3-6,8H,7H2,1-2H3,(H,17,18). The molecule has 0 saturated carbocycles. The van der Waals surface area contributed by atoms with Gasteiger partial charge in [-0.2, -0.15) is 0 Å². The maximum atomic E-state index is 13.6. The predicted octanol–water partition coefficient (Wildman–Crippen LogP) is 3.38. The third-order valence-electron chi connectivity index (χ3n) is 2.60. The van der Waals surface area contributed by atoms with E-state index in [1.54, 1.807) is 12.1 Å². The quantitative estimate of drug-likeness (QED) is 0.918. The summed E-state index contributed by atoms with van der Waals surface area (Å²) < 4.78 is 18.8. The van der Waals surface area contributed by atoms with E-state index in [0.717, 1.165) is 0 Å². The summed E-state index contributed by atoms with van der Waals surface area (Å²) in [5, 5.41) is 9.08. The highest BCUT2D eigenvalue weighted by Crippen LogP contribution is 2.25. The van der Waals surface area contributed by atoms with E-state index in [2.05, 4.69) is 4.98 Å². The fraction of sp³-hybridized carbons (Fsp3) is 0.286. The average Bonchev–Trinajstić information content (AvgIpc) is 2.72. The predicted molar refractivity (Wildman–Crippen MR) is 67.4 cm³/mol. The zero-order valence-corrected chi connectivity index (χ0v) is 10.7. The maximum absolute atomic E-state index is 13.6. The first-order valence-electron chi connectivity index (χ1n) is 5.97. The molecule has 0 atom stereocenters. The monoisotopic (exact) mass is 263 g/mol. The van der Waals surface area contributed by atoms with Crippen LogP contribution in [0.15, 0.2) is 28.7 Å². The topological polar surface area (TPSA) is 63.3 Å². The van der Waals surface area contributed by atoms with Gasteiger partial charge in [-0.05, 0) is 24.5 Å². The van der Waals surface area contributed by atoms with Crippen LogP contribution >= 0.6 is 0 Å². The summed E-state index contributed by atoms with van der Waals surface area (Å²) in [6.45, 7) is 3.90. The Morgan fingerprint density at radius 1 is 1.42 bits per heavy atom. The molecule has 0 fully saturated rings. The number of oxazole rings is 1. The van der Waals surface area contributed by atoms with Crippen LogP contribution in [0.3, 0.4) is 0 Å². The van der Waals surface area contributed by atoms with Gasteiger partial charge >= 0.3 is 5.97 Å². The van der Waals surface area contributed by atoms with Gasteiger partial charge in [-0.25, -0.2) is 14.2 Å². The first kappa shape index (κ1) is 13.3. The Morgan fingerprint density at radius 2 is 2.11 bits per heavy atom. The highest BCUT2D eigenvalue weighted by molar-refractivity contribution is 5.86. The molecule has 1 heterocycles. The number of aromatic nitrogens is 1. The van der Waals surface area contributed by atoms with Gasteiger partial charge in [0.25, 0.3) is 0 Å². The molecule has 0 aliphatic carbocycles. The van der Waals surface area contributed by atoms with Gasteiger partial charge in [0.2, 0.25) is 11.7 Å². The number of halogens is 1. The Kier molecular flexibility index (Phi) is 3.64. The Bertz CT molecular complexity index is 604. The fourth-order valence-corrected chi connectivity index (χ4v) is 1.79. The van der Waals surface area contributed by atoms with Gasteiger partial charge in [0.15, 0.2) is 0 Å². The normalized spacial score (nSPS) is 10.9. The number of hydrogen-bond donors (Lipinski definition) is 1. The minimum absolute atomic E-state index is 0.00569. The number of benzene rings is 1. The number of rotatable bonds is 4. The lowest BCUT2D eigenvalue weighted by Gasteiger charge is -2.00. The van der Waals surface area contributed by atoms with Crippen LogP contribution in [0.5, 0.6) is 0 Å². The third-order valence-corrected chi connectivity index (χ3v) is 2.60. The molecule has 4 nitrogen and oxygen atoms in total. The summed E-state index contributed by atoms with van der Waals surface area (Å²) in [4.78, 5) is 15.2. The summed E-state index contributed by atoms with van der Waals surface area (Å²) in [7, 11) is 0. The largest absolute Gasteiger partial charge is 0.475 e. The minimum atomic E-state index is -1.19. The van der Waals surface area contributed by atoms with Crippen LogP contribution in [0.4, 0.5) is 4.39 Å². The molecule has 5 heteroatoms. The first-order valence-corrected chi connectivity index (χ1v) is 5.97. The van der Waals surface area contributed by atoms with Gasteiger partial charge in [0, 0.05) is 0 Å². The molecule has 0 aliphatic rings. The van der Waals surface area contributed by atoms with Crippen LogP contribution in [-0.2, 0) is 6.42 Å². The highest BCUT2D eigenvalue weighted by atomic mass is 19.1. The Labute approximate surface area is 109 Å². The van der Waals surface area contributed by atoms with Crippen molar-refractivity contribution < 1.29 is 18.7 Å². The van der Waals surface area contributed by atoms with E-state index in [1.807, 2.05) is 13.8 Å². The van der Waals surface area contributed by atoms with E-state index in [0.29, 0.717) is 12.1 Å². The van der Waals surface area contributed by atoms with Gasteiger partial charge in [-0.1, -0.05) is 26.0 Å². The Balaban J connectivity index is 2.49. The van der Waals surface area contributed by atoms with Crippen LogP contribution in [0, 0.1) is 11.7 Å². The Morgan fingerprint density at radius 3 is 2.68 bits per heavy atom. The molecule has 1 aromatic heterocycles. The molecule has 0 aliphatic heterocycles. The van der Waals surface area contributed by atoms with Crippen molar-refractivity contribution in [1.82, 2.24) is 4.98 Å². The van der Waals surface area contributed by atoms with Crippen LogP contribution < -0.4 is 0 Å². The van der Waals surface area contributed by atoms with Gasteiger partial charge in [0.1, 0.15) is 5.82 Å². The summed E-state index contributed by atoms with van der Waals surface area (Å²) in [5.74, 6) is -1.66. The minimum Gasteiger partial charge on any atom is -0.475 e. The first-order chi connectivity index (χ1) is 8.99. The zero-order chi connectivity index (χ0) is 14.0. The van der Waals surface area contributed by atoms with E-state index in [-0.39, 0.29) is 23.1 Å². The fourth-order valence-electron chi connectivity index (χ4n) is 1.79. The summed E-state index contributed by atoms with van der Waals surface area (Å²) in [6.07, 6.45) is 0.472. The van der Waals surface area contributed by atoms with Crippen molar-refractivity contribution in [1.29, 1.82) is 0 Å². The molecule has 2 rings (SSSR count). The second kappa shape index (κ2) is 5.22. The molecule has 0 bridgehead atoms. The molecule has 2 aromatic rings. The van der Waals surface area contributed by atoms with Crippen molar-refractivity contribution in [2.24, 2.45) is 5.92 Å². The molecule has 1 N–H and O–H groups in total. The van der Waals surface area contributed by atoms with E-state index in [9.17, 15) is 9.18 Å². The number of carbonyl (C=O) groups is 1. The average molecular weight is 263 g/mol. The van der Waals surface area contributed by atoms with Gasteiger partial charge in [-0.3, -0.25) is 0 Å². The molecule has 100 valence electrons. The van der Waals surface area contributed by atoms with E-state index in [4.69, 9.17) is 9.52 Å². The molecule has 1 aromatic carbocycles. The van der Waals surface area contributed by atoms with Crippen LogP contribution in [0.25, 0.3) is 11.5 Å². The Hall–Kier alpha value is -2.17. The number of carboxylic acids is 1. The molecular formula is C14H14FNO3. The molecule has 19 heavy (non-hydrogen) atoms. The number of hydrogen-bond acceptors (Lipinski definition) is 3. The summed E-state index contributed by atoms with van der Waals surface area (Å²) in [5.41, 5.74) is 0.515. The van der Waals surface area contributed by atoms with Crippen molar-refractivity contribution in [2.75, 3.05) is 0 Å². The van der Waals surface area contributed by atoms with Gasteiger partial charge < -0.3 is 9.52 Å². The van der Waals surface area contributed by atoms with Gasteiger partial charge in [0.05, 0.1) is 11.3 Å². The van der Waals surface area contributed by atoms with Gasteiger partial charge in [-0.15, -0.1) is 0 Å². The van der Waals surface area contributed by atoms with Crippen molar-refractivity contribution in [2.45, 2.75) is 20.3 Å². The second-order valence-electron chi connectivity index (χ2n) is 4.68. The number of carboxylic acid groups (broad SMARTS) is 1. The third kappa shape index (κ3) is 2.81.